The first-order chi connectivity index (χ1) is 12.9. The summed E-state index contributed by atoms with van der Waals surface area (Å²) in [5.74, 6) is 0.311. The second-order valence-corrected chi connectivity index (χ2v) is 6.28. The first-order valence-electron chi connectivity index (χ1n) is 8.71. The van der Waals surface area contributed by atoms with Crippen molar-refractivity contribution >= 4 is 11.9 Å². The maximum absolute atomic E-state index is 12.8. The van der Waals surface area contributed by atoms with Crippen LogP contribution in [0.3, 0.4) is 0 Å². The lowest BCUT2D eigenvalue weighted by molar-refractivity contribution is -0.147. The highest BCUT2D eigenvalue weighted by atomic mass is 16.5. The fourth-order valence-electron chi connectivity index (χ4n) is 2.60. The number of amides is 1. The lowest BCUT2D eigenvalue weighted by atomic mass is 10.0. The minimum Gasteiger partial charge on any atom is -0.497 e. The second kappa shape index (κ2) is 9.62. The summed E-state index contributed by atoms with van der Waals surface area (Å²) < 4.78 is 15.7. The van der Waals surface area contributed by atoms with Crippen LogP contribution in [0.5, 0.6) is 11.5 Å². The number of methoxy groups -OCH3 is 2. The number of carbonyl (C=O) groups is 2. The summed E-state index contributed by atoms with van der Waals surface area (Å²) in [6.07, 6.45) is -0.179. The van der Waals surface area contributed by atoms with Crippen molar-refractivity contribution in [2.24, 2.45) is 0 Å². The average molecular weight is 371 g/mol. The predicted octanol–water partition coefficient (Wildman–Crippen LogP) is 3.52. The van der Waals surface area contributed by atoms with Gasteiger partial charge >= 0.3 is 5.97 Å². The van der Waals surface area contributed by atoms with Gasteiger partial charge in [0.1, 0.15) is 11.5 Å². The Balaban J connectivity index is 2.24. The molecule has 2 aromatic carbocycles. The Morgan fingerprint density at radius 3 is 2.07 bits per heavy atom. The van der Waals surface area contributed by atoms with E-state index in [1.165, 1.54) is 14.2 Å². The first kappa shape index (κ1) is 20.3. The zero-order chi connectivity index (χ0) is 19.8. The molecule has 6 nitrogen and oxygen atoms in total. The maximum Gasteiger partial charge on any atom is 0.308 e. The Hall–Kier alpha value is -3.02. The van der Waals surface area contributed by atoms with E-state index < -0.39 is 6.04 Å². The molecule has 0 saturated heterocycles. The zero-order valence-corrected chi connectivity index (χ0v) is 16.0. The molecule has 0 bridgehead atoms. The minimum absolute atomic E-state index is 0.0367. The standard InChI is InChI=1S/C21H25NO5/c1-14(2)27-20(23)13-19(15-8-6-5-7-9-15)22-21(24)16-10-17(25-3)12-18(11-16)26-4/h5-12,14,19H,13H2,1-4H3,(H,22,24). The smallest absolute Gasteiger partial charge is 0.308 e. The monoisotopic (exact) mass is 371 g/mol. The Bertz CT molecular complexity index is 751. The number of benzene rings is 2. The van der Waals surface area contributed by atoms with E-state index in [1.807, 2.05) is 30.3 Å². The Kier molecular flexibility index (Phi) is 7.23. The Labute approximate surface area is 159 Å². The molecular formula is C21H25NO5. The highest BCUT2D eigenvalue weighted by molar-refractivity contribution is 5.95. The van der Waals surface area contributed by atoms with E-state index in [4.69, 9.17) is 14.2 Å². The van der Waals surface area contributed by atoms with Crippen LogP contribution >= 0.6 is 0 Å². The van der Waals surface area contributed by atoms with Crippen molar-refractivity contribution in [1.82, 2.24) is 5.32 Å². The van der Waals surface area contributed by atoms with Crippen LogP contribution in [0.4, 0.5) is 0 Å². The predicted molar refractivity (Wildman–Crippen MR) is 102 cm³/mol. The van der Waals surface area contributed by atoms with Crippen LogP contribution in [0, 0.1) is 0 Å². The first-order valence-corrected chi connectivity index (χ1v) is 8.71. The summed E-state index contributed by atoms with van der Waals surface area (Å²) >= 11 is 0. The molecule has 2 rings (SSSR count). The molecule has 2 aromatic rings. The topological polar surface area (TPSA) is 73.9 Å². The van der Waals surface area contributed by atoms with Gasteiger partial charge in [-0.3, -0.25) is 9.59 Å². The molecule has 1 unspecified atom stereocenters. The van der Waals surface area contributed by atoms with Gasteiger partial charge in [-0.15, -0.1) is 0 Å². The quantitative estimate of drug-likeness (QED) is 0.719. The van der Waals surface area contributed by atoms with E-state index in [1.54, 1.807) is 32.0 Å². The van der Waals surface area contributed by atoms with E-state index in [0.29, 0.717) is 17.1 Å². The van der Waals surface area contributed by atoms with Crippen molar-refractivity contribution in [3.05, 3.63) is 59.7 Å². The minimum atomic E-state index is -0.512. The second-order valence-electron chi connectivity index (χ2n) is 6.28. The van der Waals surface area contributed by atoms with Gasteiger partial charge in [0.15, 0.2) is 0 Å². The van der Waals surface area contributed by atoms with Gasteiger partial charge in [-0.25, -0.2) is 0 Å². The zero-order valence-electron chi connectivity index (χ0n) is 16.0. The van der Waals surface area contributed by atoms with Crippen LogP contribution < -0.4 is 14.8 Å². The number of hydrogen-bond donors (Lipinski definition) is 1. The van der Waals surface area contributed by atoms with E-state index >= 15 is 0 Å². The SMILES string of the molecule is COc1cc(OC)cc(C(=O)NC(CC(=O)OC(C)C)c2ccccc2)c1. The molecule has 0 spiro atoms. The summed E-state index contributed by atoms with van der Waals surface area (Å²) in [7, 11) is 3.04. The van der Waals surface area contributed by atoms with Gasteiger partial charge in [0, 0.05) is 11.6 Å². The number of esters is 1. The molecule has 1 amide bonds. The molecule has 0 heterocycles. The van der Waals surface area contributed by atoms with Crippen molar-refractivity contribution in [2.75, 3.05) is 14.2 Å². The molecule has 0 saturated carbocycles. The van der Waals surface area contributed by atoms with E-state index in [9.17, 15) is 9.59 Å². The molecule has 1 N–H and O–H groups in total. The van der Waals surface area contributed by atoms with Gasteiger partial charge < -0.3 is 19.5 Å². The number of hydrogen-bond acceptors (Lipinski definition) is 5. The third-order valence-corrected chi connectivity index (χ3v) is 3.86. The largest absolute Gasteiger partial charge is 0.497 e. The normalized spacial score (nSPS) is 11.6. The Morgan fingerprint density at radius 1 is 0.963 bits per heavy atom. The van der Waals surface area contributed by atoms with Crippen molar-refractivity contribution in [2.45, 2.75) is 32.4 Å². The molecule has 144 valence electrons. The lowest BCUT2D eigenvalue weighted by Crippen LogP contribution is -2.31. The van der Waals surface area contributed by atoms with Gasteiger partial charge in [0.2, 0.25) is 0 Å². The van der Waals surface area contributed by atoms with Crippen molar-refractivity contribution in [3.63, 3.8) is 0 Å². The number of rotatable bonds is 8. The van der Waals surface area contributed by atoms with Gasteiger partial charge in [-0.2, -0.15) is 0 Å². The molecule has 0 aliphatic heterocycles. The Morgan fingerprint density at radius 2 is 1.56 bits per heavy atom. The molecule has 6 heteroatoms. The fourth-order valence-corrected chi connectivity index (χ4v) is 2.60. The van der Waals surface area contributed by atoms with Crippen molar-refractivity contribution in [1.29, 1.82) is 0 Å². The summed E-state index contributed by atoms with van der Waals surface area (Å²) in [4.78, 5) is 24.9. The summed E-state index contributed by atoms with van der Waals surface area (Å²) in [6, 6.07) is 13.7. The highest BCUT2D eigenvalue weighted by Gasteiger charge is 2.21. The molecular weight excluding hydrogens is 346 g/mol. The molecule has 27 heavy (non-hydrogen) atoms. The molecule has 0 aliphatic rings. The van der Waals surface area contributed by atoms with Crippen LogP contribution in [0.2, 0.25) is 0 Å². The van der Waals surface area contributed by atoms with Crippen LogP contribution in [0.25, 0.3) is 0 Å². The average Bonchev–Trinajstić information content (AvgIpc) is 2.66. The number of ether oxygens (including phenoxy) is 3. The van der Waals surface area contributed by atoms with Gasteiger partial charge in [0.05, 0.1) is 32.8 Å². The molecule has 0 radical (unpaired) electrons. The van der Waals surface area contributed by atoms with E-state index in [0.717, 1.165) is 5.56 Å². The molecule has 0 fully saturated rings. The van der Waals surface area contributed by atoms with Crippen molar-refractivity contribution in [3.8, 4) is 11.5 Å². The molecule has 0 aromatic heterocycles. The van der Waals surface area contributed by atoms with Crippen LogP contribution in [-0.2, 0) is 9.53 Å². The lowest BCUT2D eigenvalue weighted by Gasteiger charge is -2.20. The van der Waals surface area contributed by atoms with Gasteiger partial charge in [0.25, 0.3) is 5.91 Å². The summed E-state index contributed by atoms with van der Waals surface area (Å²) in [6.45, 7) is 3.58. The molecule has 0 aliphatic carbocycles. The highest BCUT2D eigenvalue weighted by Crippen LogP contribution is 2.24. The summed E-state index contributed by atoms with van der Waals surface area (Å²) in [5, 5.41) is 2.91. The van der Waals surface area contributed by atoms with E-state index in [2.05, 4.69) is 5.32 Å². The third-order valence-electron chi connectivity index (χ3n) is 3.86. The van der Waals surface area contributed by atoms with Crippen LogP contribution in [-0.4, -0.2) is 32.2 Å². The van der Waals surface area contributed by atoms with E-state index in [-0.39, 0.29) is 24.4 Å². The number of nitrogens with one attached hydrogen (secondary N) is 1. The van der Waals surface area contributed by atoms with Crippen LogP contribution in [0.1, 0.15) is 42.2 Å². The maximum atomic E-state index is 12.8. The molecule has 1 atom stereocenters. The van der Waals surface area contributed by atoms with Crippen molar-refractivity contribution < 1.29 is 23.8 Å². The summed E-state index contributed by atoms with van der Waals surface area (Å²) in [5.41, 5.74) is 1.20. The van der Waals surface area contributed by atoms with Gasteiger partial charge in [-0.1, -0.05) is 30.3 Å². The van der Waals surface area contributed by atoms with Gasteiger partial charge in [-0.05, 0) is 31.5 Å². The number of carbonyl (C=O) groups excluding carboxylic acids is 2. The van der Waals surface area contributed by atoms with Crippen LogP contribution in [0.15, 0.2) is 48.5 Å². The third kappa shape index (κ3) is 6.02. The fraction of sp³-hybridized carbons (Fsp3) is 0.333.